The molecule has 0 saturated heterocycles. The molecule has 0 unspecified atom stereocenters. The fraction of sp³-hybridized carbons (Fsp3) is 0.133. The molecule has 0 amide bonds. The summed E-state index contributed by atoms with van der Waals surface area (Å²) in [6.45, 7) is 0.503. The third-order valence-corrected chi connectivity index (χ3v) is 3.10. The average Bonchev–Trinajstić information content (AvgIpc) is 2.52. The zero-order valence-corrected chi connectivity index (χ0v) is 12.6. The molecular formula is C15H15F2N3OS. The molecule has 3 N–H and O–H groups in total. The summed E-state index contributed by atoms with van der Waals surface area (Å²) in [6, 6.07) is 10.7. The van der Waals surface area contributed by atoms with Crippen LogP contribution < -0.4 is 20.9 Å². The van der Waals surface area contributed by atoms with Crippen LogP contribution in [0.4, 0.5) is 14.5 Å². The molecule has 0 aliphatic heterocycles. The second kappa shape index (κ2) is 7.56. The summed E-state index contributed by atoms with van der Waals surface area (Å²) in [7, 11) is 1.60. The van der Waals surface area contributed by atoms with E-state index >= 15 is 0 Å². The molecule has 22 heavy (non-hydrogen) atoms. The zero-order chi connectivity index (χ0) is 15.9. The van der Waals surface area contributed by atoms with Gasteiger partial charge in [-0.15, -0.1) is 0 Å². The highest BCUT2D eigenvalue weighted by Crippen LogP contribution is 2.13. The smallest absolute Gasteiger partial charge is 0.185 e. The van der Waals surface area contributed by atoms with Crippen LogP contribution in [0.25, 0.3) is 0 Å². The normalized spacial score (nSPS) is 9.95. The lowest BCUT2D eigenvalue weighted by molar-refractivity contribution is 0.414. The fourth-order valence-corrected chi connectivity index (χ4v) is 1.81. The number of rotatable bonds is 5. The van der Waals surface area contributed by atoms with Crippen molar-refractivity contribution in [2.24, 2.45) is 0 Å². The molecule has 7 heteroatoms. The van der Waals surface area contributed by atoms with Crippen LogP contribution >= 0.6 is 12.2 Å². The Balaban J connectivity index is 1.80. The van der Waals surface area contributed by atoms with E-state index in [4.69, 9.17) is 17.0 Å². The van der Waals surface area contributed by atoms with Gasteiger partial charge in [-0.2, -0.15) is 0 Å². The number of thiocarbonyl (C=S) groups is 1. The Bertz CT molecular complexity index is 650. The van der Waals surface area contributed by atoms with Gasteiger partial charge in [-0.05, 0) is 42.0 Å². The maximum atomic E-state index is 13.4. The topological polar surface area (TPSA) is 45.3 Å². The Hall–Kier alpha value is -2.41. The quantitative estimate of drug-likeness (QED) is 0.583. The summed E-state index contributed by atoms with van der Waals surface area (Å²) in [4.78, 5) is 0. The second-order valence-electron chi connectivity index (χ2n) is 4.40. The largest absolute Gasteiger partial charge is 0.497 e. The zero-order valence-electron chi connectivity index (χ0n) is 11.8. The van der Waals surface area contributed by atoms with Gasteiger partial charge in [0.2, 0.25) is 0 Å². The second-order valence-corrected chi connectivity index (χ2v) is 4.81. The van der Waals surface area contributed by atoms with Crippen LogP contribution in [-0.2, 0) is 6.54 Å². The van der Waals surface area contributed by atoms with E-state index < -0.39 is 11.6 Å². The van der Waals surface area contributed by atoms with Crippen LogP contribution in [0.5, 0.6) is 5.75 Å². The van der Waals surface area contributed by atoms with Gasteiger partial charge in [0.25, 0.3) is 0 Å². The van der Waals surface area contributed by atoms with Gasteiger partial charge in [-0.1, -0.05) is 12.1 Å². The first-order valence-corrected chi connectivity index (χ1v) is 6.87. The molecule has 0 bridgehead atoms. The van der Waals surface area contributed by atoms with E-state index in [0.29, 0.717) is 11.7 Å². The van der Waals surface area contributed by atoms with Crippen molar-refractivity contribution in [3.8, 4) is 5.75 Å². The van der Waals surface area contributed by atoms with Gasteiger partial charge in [0.05, 0.1) is 12.8 Å². The average molecular weight is 323 g/mol. The van der Waals surface area contributed by atoms with Gasteiger partial charge >= 0.3 is 0 Å². The van der Waals surface area contributed by atoms with Crippen LogP contribution in [0.15, 0.2) is 42.5 Å². The third-order valence-electron chi connectivity index (χ3n) is 2.85. The highest BCUT2D eigenvalue weighted by molar-refractivity contribution is 7.80. The van der Waals surface area contributed by atoms with Gasteiger partial charge < -0.3 is 10.1 Å². The van der Waals surface area contributed by atoms with Gasteiger partial charge in [0, 0.05) is 12.6 Å². The van der Waals surface area contributed by atoms with E-state index in [2.05, 4.69) is 16.2 Å². The predicted octanol–water partition coefficient (Wildman–Crippen LogP) is 2.96. The van der Waals surface area contributed by atoms with Gasteiger partial charge in [0.1, 0.15) is 11.6 Å². The highest BCUT2D eigenvalue weighted by atomic mass is 32.1. The third kappa shape index (κ3) is 4.56. The van der Waals surface area contributed by atoms with Crippen molar-refractivity contribution < 1.29 is 13.5 Å². The van der Waals surface area contributed by atoms with E-state index in [1.807, 2.05) is 24.3 Å². The van der Waals surface area contributed by atoms with Crippen molar-refractivity contribution in [2.45, 2.75) is 6.54 Å². The lowest BCUT2D eigenvalue weighted by Gasteiger charge is -2.13. The van der Waals surface area contributed by atoms with Crippen LogP contribution in [0.1, 0.15) is 5.56 Å². The molecule has 0 aliphatic rings. The summed E-state index contributed by atoms with van der Waals surface area (Å²) in [5.74, 6) is -0.563. The molecule has 4 nitrogen and oxygen atoms in total. The van der Waals surface area contributed by atoms with Crippen molar-refractivity contribution in [2.75, 3.05) is 12.5 Å². The number of hydrogen-bond acceptors (Lipinski definition) is 3. The van der Waals surface area contributed by atoms with Crippen LogP contribution in [0, 0.1) is 11.6 Å². The Kier molecular flexibility index (Phi) is 5.48. The number of methoxy groups -OCH3 is 1. The molecular weight excluding hydrogens is 308 g/mol. The molecule has 2 aromatic carbocycles. The van der Waals surface area contributed by atoms with Crippen molar-refractivity contribution in [3.05, 3.63) is 59.7 Å². The standard InChI is InChI=1S/C15H15F2N3OS/c1-21-12-5-2-10(3-6-12)9-18-15(22)20-19-14-7-4-11(16)8-13(14)17/h2-8,19H,9H2,1H3,(H2,18,20,22). The first-order chi connectivity index (χ1) is 10.6. The molecule has 0 aliphatic carbocycles. The Morgan fingerprint density at radius 1 is 1.14 bits per heavy atom. The van der Waals surface area contributed by atoms with Crippen LogP contribution in [0.3, 0.4) is 0 Å². The number of hydrazine groups is 1. The molecule has 0 heterocycles. The molecule has 2 aromatic rings. The lowest BCUT2D eigenvalue weighted by atomic mass is 10.2. The minimum absolute atomic E-state index is 0.106. The van der Waals surface area contributed by atoms with E-state index in [0.717, 1.165) is 23.4 Å². The van der Waals surface area contributed by atoms with Gasteiger partial charge in [0.15, 0.2) is 10.9 Å². The SMILES string of the molecule is COc1ccc(CNC(=S)NNc2ccc(F)cc2F)cc1. The summed E-state index contributed by atoms with van der Waals surface area (Å²) >= 11 is 5.06. The summed E-state index contributed by atoms with van der Waals surface area (Å²) in [5.41, 5.74) is 6.33. The van der Waals surface area contributed by atoms with Crippen molar-refractivity contribution in [1.82, 2.24) is 10.7 Å². The van der Waals surface area contributed by atoms with Gasteiger partial charge in [-0.25, -0.2) is 8.78 Å². The first kappa shape index (κ1) is 16.0. The molecule has 0 spiro atoms. The number of halogens is 2. The molecule has 116 valence electrons. The minimum Gasteiger partial charge on any atom is -0.497 e. The molecule has 0 fully saturated rings. The van der Waals surface area contributed by atoms with Crippen LogP contribution in [-0.4, -0.2) is 12.2 Å². The molecule has 0 aromatic heterocycles. The first-order valence-electron chi connectivity index (χ1n) is 6.46. The van der Waals surface area contributed by atoms with E-state index in [-0.39, 0.29) is 5.69 Å². The van der Waals surface area contributed by atoms with Crippen molar-refractivity contribution in [3.63, 3.8) is 0 Å². The maximum Gasteiger partial charge on any atom is 0.185 e. The van der Waals surface area contributed by atoms with E-state index in [1.165, 1.54) is 6.07 Å². The maximum absolute atomic E-state index is 13.4. The molecule has 0 atom stereocenters. The monoisotopic (exact) mass is 323 g/mol. The van der Waals surface area contributed by atoms with Crippen molar-refractivity contribution >= 4 is 23.0 Å². The van der Waals surface area contributed by atoms with E-state index in [9.17, 15) is 8.78 Å². The Labute approximate surface area is 132 Å². The summed E-state index contributed by atoms with van der Waals surface area (Å²) < 4.78 is 31.2. The molecule has 0 saturated carbocycles. The van der Waals surface area contributed by atoms with Crippen LogP contribution in [0.2, 0.25) is 0 Å². The Morgan fingerprint density at radius 2 is 1.86 bits per heavy atom. The molecule has 0 radical (unpaired) electrons. The minimum atomic E-state index is -0.703. The van der Waals surface area contributed by atoms with E-state index in [1.54, 1.807) is 7.11 Å². The Morgan fingerprint density at radius 3 is 2.50 bits per heavy atom. The van der Waals surface area contributed by atoms with Gasteiger partial charge in [-0.3, -0.25) is 10.9 Å². The molecule has 2 rings (SSSR count). The fourth-order valence-electron chi connectivity index (χ4n) is 1.68. The predicted molar refractivity (Wildman–Crippen MR) is 85.5 cm³/mol. The summed E-state index contributed by atoms with van der Waals surface area (Å²) in [6.07, 6.45) is 0. The number of ether oxygens (including phenoxy) is 1. The van der Waals surface area contributed by atoms with Crippen molar-refractivity contribution in [1.29, 1.82) is 0 Å². The highest BCUT2D eigenvalue weighted by Gasteiger charge is 2.03. The number of anilines is 1. The number of nitrogens with one attached hydrogen (secondary N) is 3. The summed E-state index contributed by atoms with van der Waals surface area (Å²) in [5, 5.41) is 3.25. The lowest BCUT2D eigenvalue weighted by Crippen LogP contribution is -2.38. The number of benzene rings is 2. The number of hydrogen-bond donors (Lipinski definition) is 3.